The summed E-state index contributed by atoms with van der Waals surface area (Å²) in [6.07, 6.45) is 5.69. The van der Waals surface area contributed by atoms with E-state index in [1.54, 1.807) is 12.1 Å². The van der Waals surface area contributed by atoms with Crippen molar-refractivity contribution in [3.8, 4) is 0 Å². The fourth-order valence-electron chi connectivity index (χ4n) is 2.16. The van der Waals surface area contributed by atoms with Crippen molar-refractivity contribution in [2.45, 2.75) is 0 Å². The lowest BCUT2D eigenvalue weighted by molar-refractivity contribution is 0.0973. The number of furan rings is 1. The number of hydrogen-bond acceptors (Lipinski definition) is 7. The van der Waals surface area contributed by atoms with E-state index in [1.165, 1.54) is 30.9 Å². The highest BCUT2D eigenvalue weighted by molar-refractivity contribution is 6.26. The van der Waals surface area contributed by atoms with Crippen LogP contribution in [0.4, 0.5) is 0 Å². The molecule has 0 aromatic carbocycles. The minimum Gasteiger partial charge on any atom is -0.463 e. The van der Waals surface area contributed by atoms with Crippen molar-refractivity contribution in [2.24, 2.45) is 5.10 Å². The monoisotopic (exact) mass is 293 g/mol. The molecular weight excluding hydrogens is 286 g/mol. The third kappa shape index (κ3) is 1.78. The molecule has 8 heteroatoms. The highest BCUT2D eigenvalue weighted by Crippen LogP contribution is 2.23. The molecule has 3 heterocycles. The number of pyridine rings is 1. The van der Waals surface area contributed by atoms with Crippen LogP contribution in [-0.4, -0.2) is 37.9 Å². The van der Waals surface area contributed by atoms with Gasteiger partial charge < -0.3 is 4.42 Å². The molecule has 4 rings (SSSR count). The molecule has 8 nitrogen and oxygen atoms in total. The minimum atomic E-state index is -0.392. The summed E-state index contributed by atoms with van der Waals surface area (Å²) in [6.45, 7) is 0. The number of ketones is 2. The van der Waals surface area contributed by atoms with Gasteiger partial charge in [0.05, 0.1) is 18.0 Å². The maximum absolute atomic E-state index is 12.3. The lowest BCUT2D eigenvalue weighted by Crippen LogP contribution is -2.20. The van der Waals surface area contributed by atoms with Crippen LogP contribution in [0.3, 0.4) is 0 Å². The fourth-order valence-corrected chi connectivity index (χ4v) is 2.16. The molecule has 0 spiro atoms. The third-order valence-electron chi connectivity index (χ3n) is 3.18. The van der Waals surface area contributed by atoms with Gasteiger partial charge in [0.2, 0.25) is 11.6 Å². The third-order valence-corrected chi connectivity index (χ3v) is 3.18. The molecule has 3 aromatic rings. The number of carbonyl (C=O) groups excluding carboxylic acids is 2. The number of nitrogens with zero attached hydrogens (tertiary/aromatic N) is 5. The van der Waals surface area contributed by atoms with E-state index >= 15 is 0 Å². The highest BCUT2D eigenvalue weighted by atomic mass is 16.3. The van der Waals surface area contributed by atoms with Gasteiger partial charge in [-0.15, -0.1) is 15.3 Å². The summed E-state index contributed by atoms with van der Waals surface area (Å²) in [4.78, 5) is 29.5. The van der Waals surface area contributed by atoms with E-state index in [0.29, 0.717) is 5.76 Å². The van der Waals surface area contributed by atoms with Crippen LogP contribution in [0.25, 0.3) is 0 Å². The molecule has 0 amide bonds. The van der Waals surface area contributed by atoms with E-state index in [1.807, 2.05) is 0 Å². The first-order valence-electron chi connectivity index (χ1n) is 6.32. The number of fused-ring (bicyclic) bond motifs is 2. The van der Waals surface area contributed by atoms with Gasteiger partial charge in [0.1, 0.15) is 5.76 Å². The molecule has 0 unspecified atom stereocenters. The lowest BCUT2D eigenvalue weighted by atomic mass is 9.92. The normalized spacial score (nSPS) is 13.5. The van der Waals surface area contributed by atoms with Crippen LogP contribution < -0.4 is 0 Å². The first-order chi connectivity index (χ1) is 10.7. The van der Waals surface area contributed by atoms with E-state index in [9.17, 15) is 9.59 Å². The van der Waals surface area contributed by atoms with Gasteiger partial charge >= 0.3 is 0 Å². The quantitative estimate of drug-likeness (QED) is 0.509. The second-order valence-electron chi connectivity index (χ2n) is 4.51. The molecule has 0 aliphatic heterocycles. The number of carbonyl (C=O) groups is 2. The largest absolute Gasteiger partial charge is 0.463 e. The smallest absolute Gasteiger partial charge is 0.218 e. The Bertz CT molecular complexity index is 871. The van der Waals surface area contributed by atoms with Gasteiger partial charge in [-0.05, 0) is 18.2 Å². The van der Waals surface area contributed by atoms with Crippen molar-refractivity contribution in [3.63, 3.8) is 0 Å². The van der Waals surface area contributed by atoms with Crippen molar-refractivity contribution >= 4 is 17.8 Å². The van der Waals surface area contributed by atoms with Crippen LogP contribution in [0, 0.1) is 0 Å². The molecule has 0 saturated carbocycles. The number of hydrogen-bond donors (Lipinski definition) is 0. The molecule has 0 saturated heterocycles. The van der Waals surface area contributed by atoms with Gasteiger partial charge in [0, 0.05) is 18.0 Å². The Kier molecular flexibility index (Phi) is 2.55. The van der Waals surface area contributed by atoms with Crippen LogP contribution in [0.2, 0.25) is 0 Å². The van der Waals surface area contributed by atoms with Crippen molar-refractivity contribution in [1.29, 1.82) is 0 Å². The first-order valence-corrected chi connectivity index (χ1v) is 6.32. The highest BCUT2D eigenvalue weighted by Gasteiger charge is 2.34. The van der Waals surface area contributed by atoms with Gasteiger partial charge in [0.25, 0.3) is 0 Å². The maximum Gasteiger partial charge on any atom is 0.218 e. The molecule has 106 valence electrons. The molecule has 22 heavy (non-hydrogen) atoms. The topological polar surface area (TPSA) is 103 Å². The second kappa shape index (κ2) is 4.55. The minimum absolute atomic E-state index is 0.0136. The molecule has 3 aromatic heterocycles. The van der Waals surface area contributed by atoms with Crippen molar-refractivity contribution in [3.05, 3.63) is 65.1 Å². The van der Waals surface area contributed by atoms with E-state index in [4.69, 9.17) is 4.42 Å². The van der Waals surface area contributed by atoms with Crippen LogP contribution >= 0.6 is 0 Å². The predicted octanol–water partition coefficient (Wildman–Crippen LogP) is 0.924. The van der Waals surface area contributed by atoms with E-state index < -0.39 is 5.78 Å². The molecule has 0 bridgehead atoms. The molecule has 0 radical (unpaired) electrons. The maximum atomic E-state index is 12.3. The van der Waals surface area contributed by atoms with Crippen LogP contribution in [0.5, 0.6) is 0 Å². The second-order valence-corrected chi connectivity index (χ2v) is 4.51. The van der Waals surface area contributed by atoms with E-state index in [0.717, 1.165) is 4.91 Å². The average molecular weight is 293 g/mol. The van der Waals surface area contributed by atoms with Gasteiger partial charge in [0.15, 0.2) is 11.4 Å². The van der Waals surface area contributed by atoms with Crippen molar-refractivity contribution in [2.75, 3.05) is 0 Å². The molecular formula is C14H7N5O3. The zero-order chi connectivity index (χ0) is 15.1. The van der Waals surface area contributed by atoms with Crippen molar-refractivity contribution in [1.82, 2.24) is 20.1 Å². The fraction of sp³-hybridized carbons (Fsp3) is 0. The Morgan fingerprint density at radius 2 is 1.86 bits per heavy atom. The standard InChI is InChI=1S/C14H7N5O3/c20-13-9-3-4-15-7-10(9)14(21)12-11(13)17-19(18-12)16-6-8-2-1-5-22-8/h1-7H/b16-6+. The van der Waals surface area contributed by atoms with Gasteiger partial charge in [-0.1, -0.05) is 4.91 Å². The Balaban J connectivity index is 1.77. The van der Waals surface area contributed by atoms with Gasteiger partial charge in [-0.25, -0.2) is 0 Å². The summed E-state index contributed by atoms with van der Waals surface area (Å²) >= 11 is 0. The first kappa shape index (κ1) is 12.3. The average Bonchev–Trinajstić information content (AvgIpc) is 3.20. The SMILES string of the molecule is O=C1c2ccncc2C(=O)c2nn(/N=C/c3ccco3)nc21. The van der Waals surface area contributed by atoms with E-state index in [-0.39, 0.29) is 28.3 Å². The Hall–Kier alpha value is -3.42. The predicted molar refractivity (Wildman–Crippen MR) is 72.8 cm³/mol. The summed E-state index contributed by atoms with van der Waals surface area (Å²) in [7, 11) is 0. The van der Waals surface area contributed by atoms with E-state index in [2.05, 4.69) is 20.3 Å². The zero-order valence-electron chi connectivity index (χ0n) is 11.0. The van der Waals surface area contributed by atoms with Crippen LogP contribution in [0.15, 0.2) is 46.4 Å². The molecule has 0 fully saturated rings. The summed E-state index contributed by atoms with van der Waals surface area (Å²) < 4.78 is 5.09. The Labute approximate surface area is 123 Å². The summed E-state index contributed by atoms with van der Waals surface area (Å²) in [5, 5.41) is 11.8. The Morgan fingerprint density at radius 1 is 1.09 bits per heavy atom. The molecule has 1 aliphatic carbocycles. The van der Waals surface area contributed by atoms with Crippen molar-refractivity contribution < 1.29 is 14.0 Å². The Morgan fingerprint density at radius 3 is 2.59 bits per heavy atom. The zero-order valence-corrected chi connectivity index (χ0v) is 11.0. The lowest BCUT2D eigenvalue weighted by Gasteiger charge is -2.09. The summed E-state index contributed by atoms with van der Waals surface area (Å²) in [6, 6.07) is 4.90. The number of aromatic nitrogens is 4. The summed E-state index contributed by atoms with van der Waals surface area (Å²) in [5.74, 6) is -0.260. The van der Waals surface area contributed by atoms with Crippen LogP contribution in [0.1, 0.15) is 37.9 Å². The summed E-state index contributed by atoms with van der Waals surface area (Å²) in [5.41, 5.74) is 0.457. The molecule has 0 atom stereocenters. The number of rotatable bonds is 2. The molecule has 1 aliphatic rings. The van der Waals surface area contributed by atoms with Gasteiger partial charge in [-0.3, -0.25) is 14.6 Å². The van der Waals surface area contributed by atoms with Gasteiger partial charge in [-0.2, -0.15) is 0 Å². The molecule has 0 N–H and O–H groups in total. The van der Waals surface area contributed by atoms with Crippen LogP contribution in [-0.2, 0) is 0 Å².